The highest BCUT2D eigenvalue weighted by Gasteiger charge is 2.18. The maximum Gasteiger partial charge on any atom is 0.224 e. The van der Waals surface area contributed by atoms with E-state index in [1.807, 2.05) is 0 Å². The predicted molar refractivity (Wildman–Crippen MR) is 74.3 cm³/mol. The molecule has 0 unspecified atom stereocenters. The zero-order chi connectivity index (χ0) is 13.7. The molecule has 3 N–H and O–H groups in total. The smallest absolute Gasteiger partial charge is 0.224 e. The monoisotopic (exact) mass is 284 g/mol. The van der Waals surface area contributed by atoms with E-state index in [0.29, 0.717) is 49.1 Å². The largest absolute Gasteiger partial charge is 0.397 e. The second-order valence-electron chi connectivity index (χ2n) is 4.41. The Morgan fingerprint density at radius 3 is 3.00 bits per heavy atom. The Morgan fingerprint density at radius 1 is 1.53 bits per heavy atom. The molecule has 5 nitrogen and oxygen atoms in total. The van der Waals surface area contributed by atoms with Crippen molar-refractivity contribution in [3.63, 3.8) is 0 Å². The van der Waals surface area contributed by atoms with Crippen molar-refractivity contribution in [1.82, 2.24) is 0 Å². The van der Waals surface area contributed by atoms with Gasteiger partial charge in [0.05, 0.1) is 24.6 Å². The molecule has 104 valence electrons. The maximum atomic E-state index is 11.7. The van der Waals surface area contributed by atoms with Crippen molar-refractivity contribution in [2.45, 2.75) is 18.9 Å². The summed E-state index contributed by atoms with van der Waals surface area (Å²) in [5.41, 5.74) is 6.79. The maximum absolute atomic E-state index is 11.7. The van der Waals surface area contributed by atoms with E-state index in [1.54, 1.807) is 18.2 Å². The minimum Gasteiger partial charge on any atom is -0.397 e. The Bertz CT molecular complexity index is 450. The molecular weight excluding hydrogens is 268 g/mol. The predicted octanol–water partition coefficient (Wildman–Crippen LogP) is 2.06. The number of rotatable bonds is 6. The first-order chi connectivity index (χ1) is 9.15. The molecule has 1 aliphatic heterocycles. The highest BCUT2D eigenvalue weighted by Crippen LogP contribution is 2.23. The van der Waals surface area contributed by atoms with E-state index in [4.69, 9.17) is 26.8 Å². The van der Waals surface area contributed by atoms with Gasteiger partial charge in [0.25, 0.3) is 0 Å². The highest BCUT2D eigenvalue weighted by atomic mass is 35.5. The first-order valence-electron chi connectivity index (χ1n) is 6.19. The standard InChI is InChI=1S/C13H17ClN2O3/c14-9-3-4-11(15)12(6-9)16-13(17)2-1-5-19-10-7-18-8-10/h3-4,6,10H,1-2,5,7-8,15H2,(H,16,17). The minimum absolute atomic E-state index is 0.0950. The number of nitrogen functional groups attached to an aromatic ring is 1. The molecule has 1 amide bonds. The third kappa shape index (κ3) is 4.38. The van der Waals surface area contributed by atoms with Gasteiger partial charge in [0.15, 0.2) is 0 Å². The lowest BCUT2D eigenvalue weighted by molar-refractivity contribution is -0.131. The van der Waals surface area contributed by atoms with Crippen LogP contribution in [0.25, 0.3) is 0 Å². The summed E-state index contributed by atoms with van der Waals surface area (Å²) in [6, 6.07) is 4.98. The van der Waals surface area contributed by atoms with E-state index >= 15 is 0 Å². The molecule has 1 fully saturated rings. The summed E-state index contributed by atoms with van der Waals surface area (Å²) in [4.78, 5) is 11.7. The number of nitrogens with one attached hydrogen (secondary N) is 1. The van der Waals surface area contributed by atoms with Crippen molar-refractivity contribution in [2.75, 3.05) is 30.9 Å². The third-order valence-corrected chi connectivity index (χ3v) is 3.03. The molecule has 1 aromatic rings. The topological polar surface area (TPSA) is 73.6 Å². The molecule has 0 radical (unpaired) electrons. The molecule has 0 aliphatic carbocycles. The van der Waals surface area contributed by atoms with Gasteiger partial charge < -0.3 is 20.5 Å². The number of amides is 1. The average Bonchev–Trinajstić information content (AvgIpc) is 2.31. The van der Waals surface area contributed by atoms with E-state index < -0.39 is 0 Å². The molecule has 1 saturated heterocycles. The first-order valence-corrected chi connectivity index (χ1v) is 6.57. The summed E-state index contributed by atoms with van der Waals surface area (Å²) in [6.45, 7) is 1.88. The van der Waals surface area contributed by atoms with Crippen LogP contribution in [0.3, 0.4) is 0 Å². The van der Waals surface area contributed by atoms with E-state index in [9.17, 15) is 4.79 Å². The zero-order valence-corrected chi connectivity index (χ0v) is 11.3. The Labute approximate surface area is 117 Å². The van der Waals surface area contributed by atoms with E-state index in [1.165, 1.54) is 0 Å². The Hall–Kier alpha value is -1.30. The summed E-state index contributed by atoms with van der Waals surface area (Å²) in [5, 5.41) is 3.28. The molecule has 0 spiro atoms. The van der Waals surface area contributed by atoms with Crippen LogP contribution >= 0.6 is 11.6 Å². The Kier molecular flexibility index (Phi) is 5.01. The van der Waals surface area contributed by atoms with Gasteiger partial charge in [0, 0.05) is 18.1 Å². The number of benzene rings is 1. The molecule has 0 bridgehead atoms. The fourth-order valence-electron chi connectivity index (χ4n) is 1.64. The third-order valence-electron chi connectivity index (χ3n) is 2.80. The number of hydrogen-bond acceptors (Lipinski definition) is 4. The molecule has 2 rings (SSSR count). The summed E-state index contributed by atoms with van der Waals surface area (Å²) < 4.78 is 10.5. The van der Waals surface area contributed by atoms with Crippen LogP contribution in [0.1, 0.15) is 12.8 Å². The molecule has 0 atom stereocenters. The van der Waals surface area contributed by atoms with Gasteiger partial charge in [-0.3, -0.25) is 4.79 Å². The van der Waals surface area contributed by atoms with Crippen LogP contribution in [0.5, 0.6) is 0 Å². The number of anilines is 2. The molecule has 0 aromatic heterocycles. The SMILES string of the molecule is Nc1ccc(Cl)cc1NC(=O)CCCOC1COC1. The van der Waals surface area contributed by atoms with Gasteiger partial charge >= 0.3 is 0 Å². The molecule has 1 heterocycles. The summed E-state index contributed by atoms with van der Waals surface area (Å²) in [6.07, 6.45) is 1.26. The fraction of sp³-hybridized carbons (Fsp3) is 0.462. The molecule has 0 saturated carbocycles. The molecule has 19 heavy (non-hydrogen) atoms. The number of hydrogen-bond donors (Lipinski definition) is 2. The number of halogens is 1. The second kappa shape index (κ2) is 6.75. The van der Waals surface area contributed by atoms with Gasteiger partial charge in [0.1, 0.15) is 6.10 Å². The van der Waals surface area contributed by atoms with Crippen LogP contribution in [-0.4, -0.2) is 31.8 Å². The van der Waals surface area contributed by atoms with E-state index in [0.717, 1.165) is 0 Å². The van der Waals surface area contributed by atoms with Gasteiger partial charge in [-0.15, -0.1) is 0 Å². The van der Waals surface area contributed by atoms with Crippen molar-refractivity contribution in [2.24, 2.45) is 0 Å². The van der Waals surface area contributed by atoms with Crippen molar-refractivity contribution in [3.8, 4) is 0 Å². The normalized spacial score (nSPS) is 15.0. The van der Waals surface area contributed by atoms with Crippen LogP contribution in [-0.2, 0) is 14.3 Å². The summed E-state index contributed by atoms with van der Waals surface area (Å²) in [5.74, 6) is -0.0950. The molecular formula is C13H17ClN2O3. The second-order valence-corrected chi connectivity index (χ2v) is 4.85. The van der Waals surface area contributed by atoms with Crippen molar-refractivity contribution in [3.05, 3.63) is 23.2 Å². The van der Waals surface area contributed by atoms with Gasteiger partial charge in [-0.1, -0.05) is 11.6 Å². The first kappa shape index (κ1) is 14.1. The van der Waals surface area contributed by atoms with Gasteiger partial charge in [-0.25, -0.2) is 0 Å². The lowest BCUT2D eigenvalue weighted by Gasteiger charge is -2.25. The molecule has 1 aromatic carbocycles. The minimum atomic E-state index is -0.0950. The van der Waals surface area contributed by atoms with E-state index in [2.05, 4.69) is 5.32 Å². The number of nitrogens with two attached hydrogens (primary N) is 1. The average molecular weight is 285 g/mol. The van der Waals surface area contributed by atoms with Crippen molar-refractivity contribution in [1.29, 1.82) is 0 Å². The van der Waals surface area contributed by atoms with Gasteiger partial charge in [0.2, 0.25) is 5.91 Å². The fourth-order valence-corrected chi connectivity index (χ4v) is 1.81. The van der Waals surface area contributed by atoms with Crippen LogP contribution in [0.15, 0.2) is 18.2 Å². The highest BCUT2D eigenvalue weighted by molar-refractivity contribution is 6.31. The van der Waals surface area contributed by atoms with Crippen LogP contribution in [0.2, 0.25) is 5.02 Å². The molecule has 6 heteroatoms. The van der Waals surface area contributed by atoms with Crippen LogP contribution in [0.4, 0.5) is 11.4 Å². The quantitative estimate of drug-likeness (QED) is 0.619. The van der Waals surface area contributed by atoms with Crippen molar-refractivity contribution < 1.29 is 14.3 Å². The number of carbonyl (C=O) groups excluding carboxylic acids is 1. The lowest BCUT2D eigenvalue weighted by atomic mass is 10.2. The summed E-state index contributed by atoms with van der Waals surface area (Å²) in [7, 11) is 0. The lowest BCUT2D eigenvalue weighted by Crippen LogP contribution is -2.36. The Balaban J connectivity index is 1.69. The van der Waals surface area contributed by atoms with Crippen LogP contribution < -0.4 is 11.1 Å². The number of carbonyl (C=O) groups is 1. The van der Waals surface area contributed by atoms with Crippen LogP contribution in [0, 0.1) is 0 Å². The summed E-state index contributed by atoms with van der Waals surface area (Å²) >= 11 is 5.85. The van der Waals surface area contributed by atoms with E-state index in [-0.39, 0.29) is 12.0 Å². The van der Waals surface area contributed by atoms with Gasteiger partial charge in [-0.2, -0.15) is 0 Å². The number of ether oxygens (including phenoxy) is 2. The Morgan fingerprint density at radius 2 is 2.32 bits per heavy atom. The zero-order valence-electron chi connectivity index (χ0n) is 10.5. The van der Waals surface area contributed by atoms with Crippen molar-refractivity contribution >= 4 is 28.9 Å². The van der Waals surface area contributed by atoms with Gasteiger partial charge in [-0.05, 0) is 24.6 Å². The molecule has 1 aliphatic rings.